The van der Waals surface area contributed by atoms with Gasteiger partial charge in [0.25, 0.3) is 5.91 Å². The molecule has 2 aromatic rings. The minimum absolute atomic E-state index is 0.0753. The second-order valence-corrected chi connectivity index (χ2v) is 8.10. The molecule has 152 valence electrons. The van der Waals surface area contributed by atoms with Gasteiger partial charge in [0.2, 0.25) is 0 Å². The quantitative estimate of drug-likeness (QED) is 0.771. The van der Waals surface area contributed by atoms with Crippen molar-refractivity contribution in [2.75, 3.05) is 26.7 Å². The Morgan fingerprint density at radius 3 is 2.41 bits per heavy atom. The number of ether oxygens (including phenoxy) is 1. The van der Waals surface area contributed by atoms with Crippen LogP contribution in [0.4, 0.5) is 0 Å². The van der Waals surface area contributed by atoms with Gasteiger partial charge in [-0.3, -0.25) is 9.69 Å². The first-order valence-corrected chi connectivity index (χ1v) is 10.5. The highest BCUT2D eigenvalue weighted by atomic mass is 16.5. The van der Waals surface area contributed by atoms with E-state index in [1.54, 1.807) is 12.1 Å². The van der Waals surface area contributed by atoms with Gasteiger partial charge in [-0.1, -0.05) is 49.4 Å². The molecule has 2 heterocycles. The number of hydrogen-bond donors (Lipinski definition) is 0. The lowest BCUT2D eigenvalue weighted by Crippen LogP contribution is -2.41. The maximum atomic E-state index is 13.2. The molecule has 2 aliphatic rings. The molecule has 5 nitrogen and oxygen atoms in total. The fourth-order valence-electron chi connectivity index (χ4n) is 4.11. The van der Waals surface area contributed by atoms with Gasteiger partial charge in [-0.2, -0.15) is 5.10 Å². The number of methoxy groups -OCH3 is 1. The van der Waals surface area contributed by atoms with Crippen molar-refractivity contribution in [3.63, 3.8) is 0 Å². The van der Waals surface area contributed by atoms with Crippen molar-refractivity contribution in [2.24, 2.45) is 11.0 Å². The molecule has 0 aromatic heterocycles. The van der Waals surface area contributed by atoms with Gasteiger partial charge >= 0.3 is 0 Å². The van der Waals surface area contributed by atoms with Crippen molar-refractivity contribution in [3.8, 4) is 5.75 Å². The summed E-state index contributed by atoms with van der Waals surface area (Å²) < 4.78 is 5.29. The number of hydrazone groups is 1. The average Bonchev–Trinajstić information content (AvgIpc) is 3.22. The minimum atomic E-state index is -0.0765. The standard InChI is InChI=1S/C24H29N3O2/c1-18-12-14-26(15-13-18)17-24(28)27-23(20-8-10-21(29-2)11-9-20)16-22(25-27)19-6-4-3-5-7-19/h3-11,18,23H,12-17H2,1-2H3. The maximum Gasteiger partial charge on any atom is 0.257 e. The van der Waals surface area contributed by atoms with Crippen LogP contribution in [0.5, 0.6) is 5.75 Å². The van der Waals surface area contributed by atoms with Gasteiger partial charge in [0.1, 0.15) is 5.75 Å². The molecule has 2 aliphatic heterocycles. The lowest BCUT2D eigenvalue weighted by atomic mass is 9.98. The first-order chi connectivity index (χ1) is 14.1. The number of rotatable bonds is 5. The predicted molar refractivity (Wildman–Crippen MR) is 115 cm³/mol. The van der Waals surface area contributed by atoms with Gasteiger partial charge in [-0.05, 0) is 55.1 Å². The Morgan fingerprint density at radius 2 is 1.76 bits per heavy atom. The van der Waals surface area contributed by atoms with E-state index in [2.05, 4.69) is 24.0 Å². The van der Waals surface area contributed by atoms with Crippen LogP contribution in [0.2, 0.25) is 0 Å². The lowest BCUT2D eigenvalue weighted by molar-refractivity contribution is -0.134. The summed E-state index contributed by atoms with van der Waals surface area (Å²) in [6, 6.07) is 18.0. The van der Waals surface area contributed by atoms with E-state index in [0.717, 1.165) is 60.9 Å². The molecule has 1 fully saturated rings. The number of nitrogens with zero attached hydrogens (tertiary/aromatic N) is 3. The van der Waals surface area contributed by atoms with Crippen molar-refractivity contribution in [1.29, 1.82) is 0 Å². The molecule has 0 aliphatic carbocycles. The normalized spacial score (nSPS) is 20.6. The van der Waals surface area contributed by atoms with Crippen LogP contribution in [0.15, 0.2) is 59.7 Å². The van der Waals surface area contributed by atoms with Gasteiger partial charge in [0.05, 0.1) is 25.4 Å². The zero-order valence-corrected chi connectivity index (χ0v) is 17.3. The Labute approximate surface area is 173 Å². The Balaban J connectivity index is 1.56. The van der Waals surface area contributed by atoms with Crippen LogP contribution in [-0.4, -0.2) is 48.3 Å². The summed E-state index contributed by atoms with van der Waals surface area (Å²) in [6.07, 6.45) is 3.04. The van der Waals surface area contributed by atoms with Gasteiger partial charge in [-0.15, -0.1) is 0 Å². The van der Waals surface area contributed by atoms with Gasteiger partial charge in [0, 0.05) is 6.42 Å². The number of amides is 1. The van der Waals surface area contributed by atoms with Crippen LogP contribution in [0.25, 0.3) is 0 Å². The van der Waals surface area contributed by atoms with Crippen LogP contribution < -0.4 is 4.74 Å². The molecule has 4 rings (SSSR count). The summed E-state index contributed by atoms with van der Waals surface area (Å²) in [6.45, 7) is 4.70. The van der Waals surface area contributed by atoms with Crippen LogP contribution >= 0.6 is 0 Å². The third-order valence-electron chi connectivity index (χ3n) is 6.01. The molecule has 1 saturated heterocycles. The summed E-state index contributed by atoms with van der Waals surface area (Å²) in [5.41, 5.74) is 3.13. The average molecular weight is 392 g/mol. The number of carbonyl (C=O) groups excluding carboxylic acids is 1. The van der Waals surface area contributed by atoms with Crippen LogP contribution in [0, 0.1) is 5.92 Å². The zero-order valence-electron chi connectivity index (χ0n) is 17.3. The second-order valence-electron chi connectivity index (χ2n) is 8.10. The van der Waals surface area contributed by atoms with E-state index < -0.39 is 0 Å². The Bertz CT molecular complexity index is 855. The van der Waals surface area contributed by atoms with E-state index in [4.69, 9.17) is 9.84 Å². The molecule has 1 atom stereocenters. The van der Waals surface area contributed by atoms with E-state index in [1.165, 1.54) is 0 Å². The number of piperidine rings is 1. The molecule has 5 heteroatoms. The van der Waals surface area contributed by atoms with Crippen molar-refractivity contribution in [3.05, 3.63) is 65.7 Å². The Kier molecular flexibility index (Phi) is 5.95. The number of carbonyl (C=O) groups is 1. The fraction of sp³-hybridized carbons (Fsp3) is 0.417. The Hall–Kier alpha value is -2.66. The van der Waals surface area contributed by atoms with Crippen molar-refractivity contribution >= 4 is 11.6 Å². The van der Waals surface area contributed by atoms with Crippen molar-refractivity contribution < 1.29 is 9.53 Å². The summed E-state index contributed by atoms with van der Waals surface area (Å²) in [7, 11) is 1.66. The molecule has 1 amide bonds. The van der Waals surface area contributed by atoms with E-state index in [0.29, 0.717) is 6.54 Å². The summed E-state index contributed by atoms with van der Waals surface area (Å²) >= 11 is 0. The third kappa shape index (κ3) is 4.51. The topological polar surface area (TPSA) is 45.1 Å². The number of hydrogen-bond acceptors (Lipinski definition) is 4. The van der Waals surface area contributed by atoms with E-state index in [-0.39, 0.29) is 11.9 Å². The first kappa shape index (κ1) is 19.6. The molecule has 0 spiro atoms. The largest absolute Gasteiger partial charge is 0.497 e. The van der Waals surface area contributed by atoms with Crippen LogP contribution in [0.3, 0.4) is 0 Å². The fourth-order valence-corrected chi connectivity index (χ4v) is 4.11. The zero-order chi connectivity index (χ0) is 20.2. The first-order valence-electron chi connectivity index (χ1n) is 10.5. The predicted octanol–water partition coefficient (Wildman–Crippen LogP) is 4.10. The molecule has 0 radical (unpaired) electrons. The van der Waals surface area contributed by atoms with Gasteiger partial charge < -0.3 is 4.74 Å². The molecule has 29 heavy (non-hydrogen) atoms. The maximum absolute atomic E-state index is 13.2. The third-order valence-corrected chi connectivity index (χ3v) is 6.01. The van der Waals surface area contributed by atoms with E-state index in [1.807, 2.05) is 42.5 Å². The molecular formula is C24H29N3O2. The molecule has 0 N–H and O–H groups in total. The van der Waals surface area contributed by atoms with Crippen LogP contribution in [0.1, 0.15) is 43.4 Å². The minimum Gasteiger partial charge on any atom is -0.497 e. The highest BCUT2D eigenvalue weighted by molar-refractivity contribution is 6.03. The SMILES string of the molecule is COc1ccc(C2CC(c3ccccc3)=NN2C(=O)CN2CCC(C)CC2)cc1. The molecule has 0 saturated carbocycles. The van der Waals surface area contributed by atoms with Crippen molar-refractivity contribution in [1.82, 2.24) is 9.91 Å². The van der Waals surface area contributed by atoms with Crippen molar-refractivity contribution in [2.45, 2.75) is 32.2 Å². The Morgan fingerprint density at radius 1 is 1.07 bits per heavy atom. The monoisotopic (exact) mass is 391 g/mol. The van der Waals surface area contributed by atoms with Gasteiger partial charge in [0.15, 0.2) is 0 Å². The molecular weight excluding hydrogens is 362 g/mol. The summed E-state index contributed by atoms with van der Waals surface area (Å²) in [5, 5.41) is 6.49. The molecule has 0 bridgehead atoms. The highest BCUT2D eigenvalue weighted by Gasteiger charge is 2.34. The number of likely N-dealkylation sites (tertiary alicyclic amines) is 1. The van der Waals surface area contributed by atoms with Gasteiger partial charge in [-0.25, -0.2) is 5.01 Å². The highest BCUT2D eigenvalue weighted by Crippen LogP contribution is 2.34. The second kappa shape index (κ2) is 8.78. The summed E-state index contributed by atoms with van der Waals surface area (Å²) in [4.78, 5) is 15.5. The number of benzene rings is 2. The van der Waals surface area contributed by atoms with Crippen LogP contribution in [-0.2, 0) is 4.79 Å². The molecule has 2 aromatic carbocycles. The van der Waals surface area contributed by atoms with E-state index in [9.17, 15) is 4.79 Å². The lowest BCUT2D eigenvalue weighted by Gasteiger charge is -2.31. The summed E-state index contributed by atoms with van der Waals surface area (Å²) in [5.74, 6) is 1.64. The molecule has 1 unspecified atom stereocenters. The smallest absolute Gasteiger partial charge is 0.257 e. The van der Waals surface area contributed by atoms with E-state index >= 15 is 0 Å².